The van der Waals surface area contributed by atoms with Crippen LogP contribution in [0.1, 0.15) is 25.5 Å². The summed E-state index contributed by atoms with van der Waals surface area (Å²) in [6.07, 6.45) is -0.0748. The molecule has 5 nitrogen and oxygen atoms in total. The molecule has 0 fully saturated rings. The number of hydrogen-bond acceptors (Lipinski definition) is 5. The lowest BCUT2D eigenvalue weighted by atomic mass is 9.93. The molecule has 20 heavy (non-hydrogen) atoms. The predicted octanol–water partition coefficient (Wildman–Crippen LogP) is 2.64. The minimum atomic E-state index is -0.183. The van der Waals surface area contributed by atoms with E-state index in [0.717, 1.165) is 10.0 Å². The van der Waals surface area contributed by atoms with Crippen molar-refractivity contribution in [1.29, 1.82) is 0 Å². The molecule has 2 unspecified atom stereocenters. The highest BCUT2D eigenvalue weighted by molar-refractivity contribution is 9.10. The molecule has 0 amide bonds. The average Bonchev–Trinajstić information content (AvgIpc) is 2.43. The van der Waals surface area contributed by atoms with E-state index in [-0.39, 0.29) is 12.1 Å². The van der Waals surface area contributed by atoms with Gasteiger partial charge in [-0.3, -0.25) is 11.3 Å². The molecular formula is C14H23BrN2O3. The Hall–Kier alpha value is -0.820. The van der Waals surface area contributed by atoms with E-state index in [1.165, 1.54) is 0 Å². The summed E-state index contributed by atoms with van der Waals surface area (Å²) in [4.78, 5) is 0. The summed E-state index contributed by atoms with van der Waals surface area (Å²) >= 11 is 3.50. The fourth-order valence-electron chi connectivity index (χ4n) is 2.32. The number of benzene rings is 1. The van der Waals surface area contributed by atoms with Crippen LogP contribution < -0.4 is 20.7 Å². The fourth-order valence-corrected chi connectivity index (χ4v) is 3.00. The summed E-state index contributed by atoms with van der Waals surface area (Å²) in [5.41, 5.74) is 3.74. The first-order chi connectivity index (χ1) is 9.51. The summed E-state index contributed by atoms with van der Waals surface area (Å²) in [5.74, 6) is 7.43. The van der Waals surface area contributed by atoms with Gasteiger partial charge in [-0.05, 0) is 34.0 Å². The van der Waals surface area contributed by atoms with Crippen molar-refractivity contribution >= 4 is 15.9 Å². The van der Waals surface area contributed by atoms with Crippen LogP contribution in [0.2, 0.25) is 0 Å². The first-order valence-corrected chi connectivity index (χ1v) is 7.20. The molecule has 114 valence electrons. The number of methoxy groups -OCH3 is 3. The van der Waals surface area contributed by atoms with E-state index in [9.17, 15) is 0 Å². The smallest absolute Gasteiger partial charge is 0.141 e. The summed E-state index contributed by atoms with van der Waals surface area (Å²) < 4.78 is 17.1. The van der Waals surface area contributed by atoms with Gasteiger partial charge in [-0.2, -0.15) is 0 Å². The molecule has 1 rings (SSSR count). The Morgan fingerprint density at radius 2 is 1.80 bits per heavy atom. The van der Waals surface area contributed by atoms with Crippen LogP contribution in [0.25, 0.3) is 0 Å². The van der Waals surface area contributed by atoms with Gasteiger partial charge >= 0.3 is 0 Å². The highest BCUT2D eigenvalue weighted by atomic mass is 79.9. The minimum Gasteiger partial charge on any atom is -0.495 e. The summed E-state index contributed by atoms with van der Waals surface area (Å²) in [7, 11) is 4.91. The van der Waals surface area contributed by atoms with Gasteiger partial charge in [-0.25, -0.2) is 0 Å². The number of halogens is 1. The largest absolute Gasteiger partial charge is 0.495 e. The molecule has 1 aromatic carbocycles. The van der Waals surface area contributed by atoms with Gasteiger partial charge in [-0.1, -0.05) is 13.8 Å². The molecule has 3 N–H and O–H groups in total. The maximum atomic E-state index is 5.73. The van der Waals surface area contributed by atoms with Crippen LogP contribution >= 0.6 is 15.9 Å². The monoisotopic (exact) mass is 346 g/mol. The Bertz CT molecular complexity index is 441. The van der Waals surface area contributed by atoms with Gasteiger partial charge in [0.25, 0.3) is 0 Å². The lowest BCUT2D eigenvalue weighted by molar-refractivity contribution is 0.0319. The minimum absolute atomic E-state index is 0.0748. The second kappa shape index (κ2) is 7.83. The van der Waals surface area contributed by atoms with Gasteiger partial charge in [0.05, 0.1) is 26.4 Å². The lowest BCUT2D eigenvalue weighted by Crippen LogP contribution is -2.40. The topological polar surface area (TPSA) is 65.7 Å². The van der Waals surface area contributed by atoms with E-state index in [2.05, 4.69) is 35.2 Å². The van der Waals surface area contributed by atoms with Crippen molar-refractivity contribution in [1.82, 2.24) is 5.43 Å². The molecule has 0 saturated carbocycles. The number of hydrogen-bond donors (Lipinski definition) is 2. The van der Waals surface area contributed by atoms with Gasteiger partial charge in [0.15, 0.2) is 0 Å². The number of rotatable bonds is 7. The molecule has 2 atom stereocenters. The molecule has 0 saturated heterocycles. The summed E-state index contributed by atoms with van der Waals surface area (Å²) in [6.45, 7) is 4.17. The number of nitrogens with two attached hydrogens (primary N) is 1. The lowest BCUT2D eigenvalue weighted by Gasteiger charge is -2.30. The average molecular weight is 347 g/mol. The number of nitrogens with one attached hydrogen (secondary N) is 1. The van der Waals surface area contributed by atoms with Crippen LogP contribution in [-0.2, 0) is 4.74 Å². The first kappa shape index (κ1) is 17.2. The van der Waals surface area contributed by atoms with Gasteiger partial charge in [-0.15, -0.1) is 0 Å². The van der Waals surface area contributed by atoms with Crippen LogP contribution in [0.15, 0.2) is 16.6 Å². The zero-order chi connectivity index (χ0) is 15.3. The number of ether oxygens (including phenoxy) is 3. The standard InChI is InChI=1S/C14H23BrN2O3/c1-8(2)13(19-4)12(17-16)9-6-7-10(18-3)11(15)14(9)20-5/h6-8,12-13,17H,16H2,1-5H3. The highest BCUT2D eigenvalue weighted by Crippen LogP contribution is 2.41. The van der Waals surface area contributed by atoms with Crippen molar-refractivity contribution in [2.24, 2.45) is 11.8 Å². The molecule has 0 radical (unpaired) electrons. The molecule has 0 aromatic heterocycles. The predicted molar refractivity (Wildman–Crippen MR) is 82.9 cm³/mol. The van der Waals surface area contributed by atoms with Crippen LogP contribution in [0.4, 0.5) is 0 Å². The molecule has 1 aromatic rings. The van der Waals surface area contributed by atoms with Gasteiger partial charge < -0.3 is 14.2 Å². The van der Waals surface area contributed by atoms with Crippen LogP contribution in [0.3, 0.4) is 0 Å². The van der Waals surface area contributed by atoms with Crippen molar-refractivity contribution in [3.63, 3.8) is 0 Å². The van der Waals surface area contributed by atoms with E-state index in [1.54, 1.807) is 21.3 Å². The van der Waals surface area contributed by atoms with Crippen molar-refractivity contribution in [2.45, 2.75) is 26.0 Å². The molecule has 0 aliphatic carbocycles. The van der Waals surface area contributed by atoms with E-state index in [4.69, 9.17) is 20.1 Å². The molecule has 6 heteroatoms. The molecule has 0 aliphatic rings. The Labute approximate surface area is 128 Å². The molecule has 0 aliphatic heterocycles. The SMILES string of the molecule is COc1ccc(C(NN)C(OC)C(C)C)c(OC)c1Br. The molecule has 0 bridgehead atoms. The number of hydrazine groups is 1. The quantitative estimate of drug-likeness (QED) is 0.586. The van der Waals surface area contributed by atoms with E-state index in [0.29, 0.717) is 17.4 Å². The third-order valence-electron chi connectivity index (χ3n) is 3.29. The van der Waals surface area contributed by atoms with Crippen LogP contribution in [-0.4, -0.2) is 27.4 Å². The summed E-state index contributed by atoms with van der Waals surface area (Å²) in [5, 5.41) is 0. The van der Waals surface area contributed by atoms with Crippen LogP contribution in [0, 0.1) is 5.92 Å². The van der Waals surface area contributed by atoms with Crippen molar-refractivity contribution in [2.75, 3.05) is 21.3 Å². The zero-order valence-electron chi connectivity index (χ0n) is 12.6. The van der Waals surface area contributed by atoms with Gasteiger partial charge in [0, 0.05) is 12.7 Å². The van der Waals surface area contributed by atoms with E-state index in [1.807, 2.05) is 12.1 Å². The summed E-state index contributed by atoms with van der Waals surface area (Å²) in [6, 6.07) is 3.62. The molecule has 0 spiro atoms. The zero-order valence-corrected chi connectivity index (χ0v) is 14.2. The molecular weight excluding hydrogens is 324 g/mol. The Morgan fingerprint density at radius 3 is 2.20 bits per heavy atom. The normalized spacial score (nSPS) is 14.2. The Balaban J connectivity index is 3.31. The van der Waals surface area contributed by atoms with Gasteiger partial charge in [0.1, 0.15) is 16.0 Å². The van der Waals surface area contributed by atoms with E-state index < -0.39 is 0 Å². The fraction of sp³-hybridized carbons (Fsp3) is 0.571. The third kappa shape index (κ3) is 3.44. The van der Waals surface area contributed by atoms with Crippen molar-refractivity contribution in [3.05, 3.63) is 22.2 Å². The van der Waals surface area contributed by atoms with Crippen molar-refractivity contribution < 1.29 is 14.2 Å². The Morgan fingerprint density at radius 1 is 1.15 bits per heavy atom. The third-order valence-corrected chi connectivity index (χ3v) is 4.04. The highest BCUT2D eigenvalue weighted by Gasteiger charge is 2.29. The van der Waals surface area contributed by atoms with E-state index >= 15 is 0 Å². The maximum absolute atomic E-state index is 5.73. The second-order valence-corrected chi connectivity index (χ2v) is 5.59. The van der Waals surface area contributed by atoms with Crippen LogP contribution in [0.5, 0.6) is 11.5 Å². The molecule has 0 heterocycles. The van der Waals surface area contributed by atoms with Crippen molar-refractivity contribution in [3.8, 4) is 11.5 Å². The van der Waals surface area contributed by atoms with Gasteiger partial charge in [0.2, 0.25) is 0 Å². The maximum Gasteiger partial charge on any atom is 0.141 e. The Kier molecular flexibility index (Phi) is 6.75. The first-order valence-electron chi connectivity index (χ1n) is 6.41. The second-order valence-electron chi connectivity index (χ2n) is 4.79.